The molecule has 2 aromatic carbocycles. The van der Waals surface area contributed by atoms with E-state index in [9.17, 15) is 4.79 Å². The van der Waals surface area contributed by atoms with Crippen LogP contribution in [0.25, 0.3) is 28.1 Å². The molecule has 6 heteroatoms. The van der Waals surface area contributed by atoms with E-state index in [1.165, 1.54) is 11.6 Å². The van der Waals surface area contributed by atoms with Gasteiger partial charge >= 0.3 is 5.97 Å². The number of benzene rings is 2. The first kappa shape index (κ1) is 28.6. The Morgan fingerprint density at radius 1 is 1.09 bits per heavy atom. The van der Waals surface area contributed by atoms with Gasteiger partial charge in [0.05, 0.1) is 12.1 Å². The summed E-state index contributed by atoms with van der Waals surface area (Å²) < 4.78 is 5.00. The number of pyridine rings is 1. The standard InChI is InChI=1S/C27H32N2O2.2ClH/c1-6-31-25(30)14-10-19-9-13-23-21(15-19)26(20-11-7-18(2)8-12-20)22(17-28)24(29-23)16-27(3,4)5;;/h7-15H,6,16-17,28H2,1-5H3;2*1H/b14-10+;;. The molecule has 0 atom stereocenters. The van der Waals surface area contributed by atoms with E-state index in [0.717, 1.165) is 45.3 Å². The summed E-state index contributed by atoms with van der Waals surface area (Å²) in [4.78, 5) is 16.7. The zero-order valence-electron chi connectivity index (χ0n) is 20.0. The summed E-state index contributed by atoms with van der Waals surface area (Å²) in [5.41, 5.74) is 13.8. The molecular weight excluding hydrogens is 455 g/mol. The number of carbonyl (C=O) groups is 1. The number of fused-ring (bicyclic) bond motifs is 1. The Bertz CT molecular complexity index is 1120. The van der Waals surface area contributed by atoms with Crippen LogP contribution in [-0.4, -0.2) is 17.6 Å². The van der Waals surface area contributed by atoms with Crippen LogP contribution in [0.3, 0.4) is 0 Å². The van der Waals surface area contributed by atoms with Crippen molar-refractivity contribution in [3.05, 3.63) is 70.9 Å². The van der Waals surface area contributed by atoms with Gasteiger partial charge in [-0.15, -0.1) is 24.8 Å². The van der Waals surface area contributed by atoms with Crippen LogP contribution >= 0.6 is 24.8 Å². The minimum atomic E-state index is -0.345. The molecule has 0 saturated carbocycles. The first-order valence-corrected chi connectivity index (χ1v) is 10.8. The molecule has 0 amide bonds. The van der Waals surface area contributed by atoms with Crippen molar-refractivity contribution >= 4 is 47.8 Å². The summed E-state index contributed by atoms with van der Waals surface area (Å²) in [6.45, 7) is 11.3. The van der Waals surface area contributed by atoms with Crippen molar-refractivity contribution < 1.29 is 9.53 Å². The van der Waals surface area contributed by atoms with E-state index in [-0.39, 0.29) is 36.2 Å². The van der Waals surface area contributed by atoms with Gasteiger partial charge in [-0.1, -0.05) is 56.7 Å². The number of aryl methyl sites for hydroxylation is 1. The molecule has 3 rings (SSSR count). The predicted octanol–water partition coefficient (Wildman–Crippen LogP) is 6.68. The van der Waals surface area contributed by atoms with Gasteiger partial charge in [-0.25, -0.2) is 4.79 Å². The molecule has 2 N–H and O–H groups in total. The molecular formula is C27H34Cl2N2O2. The van der Waals surface area contributed by atoms with Crippen LogP contribution in [0, 0.1) is 12.3 Å². The number of nitrogens with zero attached hydrogens (tertiary/aromatic N) is 1. The maximum absolute atomic E-state index is 11.7. The van der Waals surface area contributed by atoms with Crippen LogP contribution in [0.5, 0.6) is 0 Å². The molecule has 0 bridgehead atoms. The maximum atomic E-state index is 11.7. The van der Waals surface area contributed by atoms with Crippen molar-refractivity contribution in [2.45, 2.75) is 47.6 Å². The molecule has 0 aliphatic heterocycles. The van der Waals surface area contributed by atoms with Crippen LogP contribution in [-0.2, 0) is 22.5 Å². The van der Waals surface area contributed by atoms with E-state index in [1.54, 1.807) is 13.0 Å². The van der Waals surface area contributed by atoms with Crippen LogP contribution in [0.1, 0.15) is 50.1 Å². The number of hydrogen-bond donors (Lipinski definition) is 1. The highest BCUT2D eigenvalue weighted by molar-refractivity contribution is 5.98. The monoisotopic (exact) mass is 488 g/mol. The van der Waals surface area contributed by atoms with E-state index in [2.05, 4.69) is 58.0 Å². The topological polar surface area (TPSA) is 65.2 Å². The molecule has 1 heterocycles. The largest absolute Gasteiger partial charge is 0.463 e. The Hall–Kier alpha value is -2.40. The first-order chi connectivity index (χ1) is 14.7. The zero-order valence-corrected chi connectivity index (χ0v) is 21.6. The summed E-state index contributed by atoms with van der Waals surface area (Å²) in [5, 5.41) is 1.04. The Morgan fingerprint density at radius 3 is 2.33 bits per heavy atom. The quantitative estimate of drug-likeness (QED) is 0.310. The number of ether oxygens (including phenoxy) is 1. The van der Waals surface area contributed by atoms with E-state index < -0.39 is 0 Å². The lowest BCUT2D eigenvalue weighted by molar-refractivity contribution is -0.137. The normalized spacial score (nSPS) is 11.2. The third-order valence-electron chi connectivity index (χ3n) is 5.14. The van der Waals surface area contributed by atoms with Crippen LogP contribution in [0.4, 0.5) is 0 Å². The number of rotatable bonds is 6. The van der Waals surface area contributed by atoms with Crippen LogP contribution in [0.15, 0.2) is 48.5 Å². The molecule has 0 saturated heterocycles. The Balaban J connectivity index is 0.00000272. The number of aromatic nitrogens is 1. The molecule has 1 aromatic heterocycles. The lowest BCUT2D eigenvalue weighted by Crippen LogP contribution is -2.15. The Kier molecular flexibility index (Phi) is 10.6. The average molecular weight is 489 g/mol. The van der Waals surface area contributed by atoms with Crippen molar-refractivity contribution in [3.8, 4) is 11.1 Å². The van der Waals surface area contributed by atoms with Crippen LogP contribution in [0.2, 0.25) is 0 Å². The lowest BCUT2D eigenvalue weighted by Gasteiger charge is -2.23. The molecule has 0 aliphatic carbocycles. The molecule has 33 heavy (non-hydrogen) atoms. The summed E-state index contributed by atoms with van der Waals surface area (Å²) in [5.74, 6) is -0.345. The van der Waals surface area contributed by atoms with Gasteiger partial charge in [0.15, 0.2) is 0 Å². The Morgan fingerprint density at radius 2 is 1.76 bits per heavy atom. The van der Waals surface area contributed by atoms with Crippen molar-refractivity contribution in [2.75, 3.05) is 6.61 Å². The van der Waals surface area contributed by atoms with Gasteiger partial charge in [-0.3, -0.25) is 4.98 Å². The second-order valence-corrected chi connectivity index (χ2v) is 9.08. The smallest absolute Gasteiger partial charge is 0.330 e. The summed E-state index contributed by atoms with van der Waals surface area (Å²) >= 11 is 0. The van der Waals surface area contributed by atoms with Crippen molar-refractivity contribution in [1.29, 1.82) is 0 Å². The second-order valence-electron chi connectivity index (χ2n) is 9.08. The number of carbonyl (C=O) groups excluding carboxylic acids is 1. The van der Waals surface area contributed by atoms with Gasteiger partial charge in [-0.05, 0) is 66.1 Å². The summed E-state index contributed by atoms with van der Waals surface area (Å²) in [6.07, 6.45) is 4.09. The van der Waals surface area contributed by atoms with Gasteiger partial charge in [0.25, 0.3) is 0 Å². The van der Waals surface area contributed by atoms with E-state index in [1.807, 2.05) is 12.1 Å². The van der Waals surface area contributed by atoms with Gasteiger partial charge < -0.3 is 10.5 Å². The number of halogens is 2. The highest BCUT2D eigenvalue weighted by atomic mass is 35.5. The summed E-state index contributed by atoms with van der Waals surface area (Å²) in [6, 6.07) is 14.6. The van der Waals surface area contributed by atoms with Crippen molar-refractivity contribution in [1.82, 2.24) is 4.98 Å². The maximum Gasteiger partial charge on any atom is 0.330 e. The molecule has 0 aliphatic rings. The SMILES string of the molecule is CCOC(=O)/C=C/c1ccc2nc(CC(C)(C)C)c(CN)c(-c3ccc(C)cc3)c2c1.Cl.Cl. The molecule has 4 nitrogen and oxygen atoms in total. The Labute approximate surface area is 209 Å². The van der Waals surface area contributed by atoms with E-state index >= 15 is 0 Å². The highest BCUT2D eigenvalue weighted by Crippen LogP contribution is 2.36. The molecule has 0 spiro atoms. The number of hydrogen-bond acceptors (Lipinski definition) is 4. The van der Waals surface area contributed by atoms with Crippen molar-refractivity contribution in [3.63, 3.8) is 0 Å². The third-order valence-corrected chi connectivity index (χ3v) is 5.14. The predicted molar refractivity (Wildman–Crippen MR) is 143 cm³/mol. The third kappa shape index (κ3) is 7.29. The minimum Gasteiger partial charge on any atom is -0.463 e. The molecule has 178 valence electrons. The van der Waals surface area contributed by atoms with Gasteiger partial charge in [0, 0.05) is 23.7 Å². The average Bonchev–Trinajstić information content (AvgIpc) is 2.71. The number of esters is 1. The zero-order chi connectivity index (χ0) is 22.6. The fraction of sp³-hybridized carbons (Fsp3) is 0.333. The molecule has 0 radical (unpaired) electrons. The number of nitrogens with two attached hydrogens (primary N) is 1. The van der Waals surface area contributed by atoms with E-state index in [4.69, 9.17) is 15.5 Å². The minimum absolute atomic E-state index is 0. The molecule has 0 unspecified atom stereocenters. The van der Waals surface area contributed by atoms with Crippen molar-refractivity contribution in [2.24, 2.45) is 11.1 Å². The fourth-order valence-corrected chi connectivity index (χ4v) is 3.75. The first-order valence-electron chi connectivity index (χ1n) is 10.8. The fourth-order valence-electron chi connectivity index (χ4n) is 3.75. The van der Waals surface area contributed by atoms with Crippen LogP contribution < -0.4 is 5.73 Å². The molecule has 3 aromatic rings. The highest BCUT2D eigenvalue weighted by Gasteiger charge is 2.20. The van der Waals surface area contributed by atoms with Gasteiger partial charge in [-0.2, -0.15) is 0 Å². The van der Waals surface area contributed by atoms with E-state index in [0.29, 0.717) is 13.2 Å². The molecule has 0 fully saturated rings. The van der Waals surface area contributed by atoms with Gasteiger partial charge in [0.2, 0.25) is 0 Å². The summed E-state index contributed by atoms with van der Waals surface area (Å²) in [7, 11) is 0. The second kappa shape index (κ2) is 12.2. The van der Waals surface area contributed by atoms with Gasteiger partial charge in [0.1, 0.15) is 0 Å². The lowest BCUT2D eigenvalue weighted by atomic mass is 9.85.